The van der Waals surface area contributed by atoms with Crippen molar-refractivity contribution in [1.29, 1.82) is 0 Å². The number of esters is 1. The fraction of sp³-hybridized carbons (Fsp3) is 0.533. The van der Waals surface area contributed by atoms with Crippen LogP contribution in [-0.2, 0) is 9.47 Å². The molecule has 0 amide bonds. The Labute approximate surface area is 119 Å². The number of carbonyl (C=O) groups excluding carboxylic acids is 1. The molecule has 2 N–H and O–H groups in total. The largest absolute Gasteiger partial charge is 0.465 e. The molecule has 0 aliphatic carbocycles. The number of rotatable bonds is 4. The van der Waals surface area contributed by atoms with Gasteiger partial charge in [-0.05, 0) is 31.9 Å². The fourth-order valence-electron chi connectivity index (χ4n) is 2.70. The molecule has 1 atom stereocenters. The molecular weight excluding hydrogens is 256 g/mol. The maximum absolute atomic E-state index is 11.9. The minimum absolute atomic E-state index is 0.193. The summed E-state index contributed by atoms with van der Waals surface area (Å²) in [5.74, 6) is -0.356. The van der Waals surface area contributed by atoms with Gasteiger partial charge in [0.25, 0.3) is 0 Å². The maximum Gasteiger partial charge on any atom is 0.340 e. The van der Waals surface area contributed by atoms with Gasteiger partial charge in [0, 0.05) is 19.7 Å². The van der Waals surface area contributed by atoms with E-state index >= 15 is 0 Å². The van der Waals surface area contributed by atoms with Gasteiger partial charge in [0.2, 0.25) is 0 Å². The van der Waals surface area contributed by atoms with Crippen LogP contribution in [0.2, 0.25) is 0 Å². The van der Waals surface area contributed by atoms with Gasteiger partial charge in [-0.15, -0.1) is 0 Å². The minimum atomic E-state index is -0.356. The maximum atomic E-state index is 11.9. The minimum Gasteiger partial charge on any atom is -0.465 e. The Hall–Kier alpha value is -1.75. The molecule has 1 aliphatic heterocycles. The molecule has 110 valence electrons. The summed E-state index contributed by atoms with van der Waals surface area (Å²) in [4.78, 5) is 14.0. The van der Waals surface area contributed by atoms with Crippen molar-refractivity contribution in [2.45, 2.75) is 25.9 Å². The summed E-state index contributed by atoms with van der Waals surface area (Å²) in [6.07, 6.45) is 2.27. The van der Waals surface area contributed by atoms with Crippen molar-refractivity contribution in [3.8, 4) is 0 Å². The predicted octanol–water partition coefficient (Wildman–Crippen LogP) is 2.06. The standard InChI is InChI=1S/C15H22N2O3/c1-3-20-11-6-5-9-17(10-11)14-12(15(18)19-2)7-4-8-13(14)16/h4,7-8,11H,3,5-6,9-10,16H2,1-2H3. The molecule has 5 heteroatoms. The number of ether oxygens (including phenoxy) is 2. The van der Waals surface area contributed by atoms with Crippen LogP contribution in [-0.4, -0.2) is 38.9 Å². The normalized spacial score (nSPS) is 18.9. The molecule has 20 heavy (non-hydrogen) atoms. The van der Waals surface area contributed by atoms with Crippen molar-refractivity contribution in [3.63, 3.8) is 0 Å². The second-order valence-electron chi connectivity index (χ2n) is 4.90. The van der Waals surface area contributed by atoms with Crippen LogP contribution in [0.5, 0.6) is 0 Å². The number of nitrogens with zero attached hydrogens (tertiary/aromatic N) is 1. The molecule has 1 aliphatic rings. The van der Waals surface area contributed by atoms with Crippen molar-refractivity contribution in [1.82, 2.24) is 0 Å². The second-order valence-corrected chi connectivity index (χ2v) is 4.90. The average molecular weight is 278 g/mol. The number of anilines is 2. The van der Waals surface area contributed by atoms with Gasteiger partial charge in [-0.1, -0.05) is 6.07 Å². The lowest BCUT2D eigenvalue weighted by molar-refractivity contribution is 0.0521. The molecule has 0 saturated carbocycles. The number of benzene rings is 1. The number of carbonyl (C=O) groups is 1. The van der Waals surface area contributed by atoms with E-state index in [2.05, 4.69) is 4.90 Å². The van der Waals surface area contributed by atoms with Gasteiger partial charge >= 0.3 is 5.97 Å². The summed E-state index contributed by atoms with van der Waals surface area (Å²) in [5, 5.41) is 0. The number of methoxy groups -OCH3 is 1. The van der Waals surface area contributed by atoms with E-state index in [-0.39, 0.29) is 12.1 Å². The molecule has 1 aromatic rings. The van der Waals surface area contributed by atoms with Crippen LogP contribution in [0.25, 0.3) is 0 Å². The summed E-state index contributed by atoms with van der Waals surface area (Å²) in [6, 6.07) is 5.34. The van der Waals surface area contributed by atoms with Crippen LogP contribution in [0.3, 0.4) is 0 Å². The smallest absolute Gasteiger partial charge is 0.340 e. The van der Waals surface area contributed by atoms with Crippen molar-refractivity contribution >= 4 is 17.3 Å². The van der Waals surface area contributed by atoms with Crippen molar-refractivity contribution in [3.05, 3.63) is 23.8 Å². The lowest BCUT2D eigenvalue weighted by Crippen LogP contribution is -2.40. The lowest BCUT2D eigenvalue weighted by Gasteiger charge is -2.35. The van der Waals surface area contributed by atoms with Gasteiger partial charge in [0.05, 0.1) is 30.2 Å². The Morgan fingerprint density at radius 3 is 3.00 bits per heavy atom. The SMILES string of the molecule is CCOC1CCCN(c2c(N)cccc2C(=O)OC)C1. The topological polar surface area (TPSA) is 64.8 Å². The quantitative estimate of drug-likeness (QED) is 0.674. The van der Waals surface area contributed by atoms with Crippen molar-refractivity contribution < 1.29 is 14.3 Å². The van der Waals surface area contributed by atoms with Crippen molar-refractivity contribution in [2.75, 3.05) is 37.4 Å². The van der Waals surface area contributed by atoms with Gasteiger partial charge in [-0.3, -0.25) is 0 Å². The first-order valence-corrected chi connectivity index (χ1v) is 7.00. The molecule has 1 fully saturated rings. The third kappa shape index (κ3) is 3.04. The molecule has 0 bridgehead atoms. The van der Waals surface area contributed by atoms with E-state index < -0.39 is 0 Å². The number of nitrogen functional groups attached to an aromatic ring is 1. The first-order valence-electron chi connectivity index (χ1n) is 7.00. The van der Waals surface area contributed by atoms with E-state index in [1.807, 2.05) is 13.0 Å². The van der Waals surface area contributed by atoms with E-state index in [9.17, 15) is 4.79 Å². The first-order chi connectivity index (χ1) is 9.67. The summed E-state index contributed by atoms with van der Waals surface area (Å²) < 4.78 is 10.5. The summed E-state index contributed by atoms with van der Waals surface area (Å²) in [6.45, 7) is 4.33. The number of para-hydroxylation sites is 1. The highest BCUT2D eigenvalue weighted by Crippen LogP contribution is 2.31. The summed E-state index contributed by atoms with van der Waals surface area (Å²) >= 11 is 0. The zero-order valence-corrected chi connectivity index (χ0v) is 12.1. The lowest BCUT2D eigenvalue weighted by atomic mass is 10.0. The molecule has 0 spiro atoms. The Kier molecular flexibility index (Phi) is 4.84. The molecule has 1 heterocycles. The molecular formula is C15H22N2O3. The molecule has 1 unspecified atom stereocenters. The highest BCUT2D eigenvalue weighted by atomic mass is 16.5. The first kappa shape index (κ1) is 14.7. The molecule has 5 nitrogen and oxygen atoms in total. The van der Waals surface area contributed by atoms with Crippen LogP contribution in [0.4, 0.5) is 11.4 Å². The van der Waals surface area contributed by atoms with E-state index in [1.54, 1.807) is 12.1 Å². The molecule has 0 aromatic heterocycles. The van der Waals surface area contributed by atoms with Gasteiger partial charge in [0.1, 0.15) is 0 Å². The van der Waals surface area contributed by atoms with E-state index in [4.69, 9.17) is 15.2 Å². The average Bonchev–Trinajstić information content (AvgIpc) is 2.46. The molecule has 2 rings (SSSR count). The van der Waals surface area contributed by atoms with E-state index in [0.717, 1.165) is 31.6 Å². The van der Waals surface area contributed by atoms with Crippen LogP contribution in [0.15, 0.2) is 18.2 Å². The number of hydrogen-bond acceptors (Lipinski definition) is 5. The van der Waals surface area contributed by atoms with Crippen LogP contribution in [0.1, 0.15) is 30.1 Å². The van der Waals surface area contributed by atoms with Gasteiger partial charge in [-0.25, -0.2) is 4.79 Å². The summed E-state index contributed by atoms with van der Waals surface area (Å²) in [5.41, 5.74) is 7.96. The zero-order valence-electron chi connectivity index (χ0n) is 12.1. The van der Waals surface area contributed by atoms with Gasteiger partial charge in [0.15, 0.2) is 0 Å². The van der Waals surface area contributed by atoms with Crippen LogP contribution in [0, 0.1) is 0 Å². The Balaban J connectivity index is 2.29. The molecule has 0 radical (unpaired) electrons. The molecule has 1 aromatic carbocycles. The Morgan fingerprint density at radius 1 is 1.50 bits per heavy atom. The number of piperidine rings is 1. The van der Waals surface area contributed by atoms with Gasteiger partial charge < -0.3 is 20.1 Å². The molecule has 1 saturated heterocycles. The van der Waals surface area contributed by atoms with Crippen LogP contribution < -0.4 is 10.6 Å². The highest BCUT2D eigenvalue weighted by molar-refractivity contribution is 5.99. The predicted molar refractivity (Wildman–Crippen MR) is 79.1 cm³/mol. The van der Waals surface area contributed by atoms with E-state index in [1.165, 1.54) is 7.11 Å². The fourth-order valence-corrected chi connectivity index (χ4v) is 2.70. The Morgan fingerprint density at radius 2 is 2.30 bits per heavy atom. The second kappa shape index (κ2) is 6.61. The third-order valence-corrected chi connectivity index (χ3v) is 3.57. The number of nitrogens with two attached hydrogens (primary N) is 1. The monoisotopic (exact) mass is 278 g/mol. The Bertz CT molecular complexity index is 474. The number of hydrogen-bond donors (Lipinski definition) is 1. The zero-order chi connectivity index (χ0) is 14.5. The van der Waals surface area contributed by atoms with E-state index in [0.29, 0.717) is 17.9 Å². The summed E-state index contributed by atoms with van der Waals surface area (Å²) in [7, 11) is 1.38. The highest BCUT2D eigenvalue weighted by Gasteiger charge is 2.25. The van der Waals surface area contributed by atoms with Crippen LogP contribution >= 0.6 is 0 Å². The third-order valence-electron chi connectivity index (χ3n) is 3.57. The van der Waals surface area contributed by atoms with Gasteiger partial charge in [-0.2, -0.15) is 0 Å². The van der Waals surface area contributed by atoms with Crippen molar-refractivity contribution in [2.24, 2.45) is 0 Å².